The van der Waals surface area contributed by atoms with Crippen molar-refractivity contribution in [2.24, 2.45) is 11.7 Å². The lowest BCUT2D eigenvalue weighted by molar-refractivity contribution is -0.124. The normalized spacial score (nSPS) is 11.3. The molecule has 0 aromatic heterocycles. The molecule has 18 heavy (non-hydrogen) atoms. The predicted molar refractivity (Wildman–Crippen MR) is 75.2 cm³/mol. The van der Waals surface area contributed by atoms with Crippen molar-refractivity contribution in [3.63, 3.8) is 0 Å². The van der Waals surface area contributed by atoms with Crippen molar-refractivity contribution in [2.75, 3.05) is 20.2 Å². The van der Waals surface area contributed by atoms with Gasteiger partial charge >= 0.3 is 0 Å². The van der Waals surface area contributed by atoms with Crippen LogP contribution in [-0.4, -0.2) is 26.1 Å². The second kappa shape index (κ2) is 8.78. The summed E-state index contributed by atoms with van der Waals surface area (Å²) >= 11 is 0. The van der Waals surface area contributed by atoms with Crippen LogP contribution in [0.4, 0.5) is 0 Å². The Hall–Kier alpha value is -1.26. The van der Waals surface area contributed by atoms with E-state index in [0.717, 1.165) is 17.7 Å². The van der Waals surface area contributed by atoms with Gasteiger partial charge in [0.1, 0.15) is 5.75 Å². The number of ether oxygens (including phenoxy) is 1. The fraction of sp³-hybridized carbons (Fsp3) is 0.462. The van der Waals surface area contributed by atoms with E-state index < -0.39 is 0 Å². The molecule has 0 heterocycles. The number of nitrogens with two attached hydrogens (primary N) is 1. The van der Waals surface area contributed by atoms with Crippen LogP contribution >= 0.6 is 12.4 Å². The van der Waals surface area contributed by atoms with Gasteiger partial charge in [-0.1, -0.05) is 25.1 Å². The number of rotatable bonds is 6. The van der Waals surface area contributed by atoms with Gasteiger partial charge in [0.15, 0.2) is 0 Å². The Morgan fingerprint density at radius 3 is 2.72 bits per heavy atom. The fourth-order valence-corrected chi connectivity index (χ4v) is 1.51. The van der Waals surface area contributed by atoms with Crippen LogP contribution in [-0.2, 0) is 11.2 Å². The van der Waals surface area contributed by atoms with E-state index in [-0.39, 0.29) is 24.2 Å². The zero-order valence-corrected chi connectivity index (χ0v) is 11.6. The molecule has 5 heteroatoms. The maximum absolute atomic E-state index is 11.5. The average molecular weight is 273 g/mol. The second-order valence-corrected chi connectivity index (χ2v) is 3.99. The van der Waals surface area contributed by atoms with Crippen LogP contribution in [0.1, 0.15) is 12.5 Å². The van der Waals surface area contributed by atoms with Crippen molar-refractivity contribution >= 4 is 18.3 Å². The minimum absolute atomic E-state index is 0. The lowest BCUT2D eigenvalue weighted by Gasteiger charge is -2.11. The average Bonchev–Trinajstić information content (AvgIpc) is 2.38. The van der Waals surface area contributed by atoms with E-state index in [0.29, 0.717) is 13.1 Å². The third-order valence-corrected chi connectivity index (χ3v) is 2.69. The molecule has 0 spiro atoms. The van der Waals surface area contributed by atoms with Gasteiger partial charge in [0.2, 0.25) is 5.91 Å². The van der Waals surface area contributed by atoms with Crippen molar-refractivity contribution in [3.8, 4) is 5.75 Å². The first-order valence-electron chi connectivity index (χ1n) is 5.78. The molecule has 1 aromatic carbocycles. The number of carbonyl (C=O) groups is 1. The molecule has 0 bridgehead atoms. The summed E-state index contributed by atoms with van der Waals surface area (Å²) in [5.41, 5.74) is 6.51. The van der Waals surface area contributed by atoms with Gasteiger partial charge in [-0.15, -0.1) is 12.4 Å². The molecule has 0 aliphatic heterocycles. The van der Waals surface area contributed by atoms with Crippen LogP contribution < -0.4 is 15.8 Å². The molecule has 102 valence electrons. The predicted octanol–water partition coefficient (Wildman–Crippen LogP) is 1.37. The number of para-hydroxylation sites is 1. The Morgan fingerprint density at radius 2 is 2.11 bits per heavy atom. The first-order chi connectivity index (χ1) is 8.19. The zero-order chi connectivity index (χ0) is 12.7. The molecule has 1 atom stereocenters. The summed E-state index contributed by atoms with van der Waals surface area (Å²) < 4.78 is 5.24. The Morgan fingerprint density at radius 1 is 1.44 bits per heavy atom. The third-order valence-electron chi connectivity index (χ3n) is 2.69. The van der Waals surface area contributed by atoms with Crippen LogP contribution in [0.2, 0.25) is 0 Å². The molecule has 1 aromatic rings. The summed E-state index contributed by atoms with van der Waals surface area (Å²) in [4.78, 5) is 11.5. The number of halogens is 1. The second-order valence-electron chi connectivity index (χ2n) is 3.99. The van der Waals surface area contributed by atoms with Crippen molar-refractivity contribution < 1.29 is 9.53 Å². The van der Waals surface area contributed by atoms with E-state index in [9.17, 15) is 4.79 Å². The summed E-state index contributed by atoms with van der Waals surface area (Å²) in [7, 11) is 1.65. The Balaban J connectivity index is 0.00000289. The Labute approximate surface area is 114 Å². The number of carbonyl (C=O) groups excluding carboxylic acids is 1. The van der Waals surface area contributed by atoms with Gasteiger partial charge in [-0.3, -0.25) is 4.79 Å². The van der Waals surface area contributed by atoms with E-state index in [1.54, 1.807) is 7.11 Å². The Kier molecular flexibility index (Phi) is 8.16. The van der Waals surface area contributed by atoms with Gasteiger partial charge in [0, 0.05) is 19.0 Å². The molecular weight excluding hydrogens is 252 g/mol. The van der Waals surface area contributed by atoms with Crippen LogP contribution in [0.25, 0.3) is 0 Å². The molecule has 4 nitrogen and oxygen atoms in total. The molecule has 1 amide bonds. The smallest absolute Gasteiger partial charge is 0.224 e. The minimum atomic E-state index is -0.132. The van der Waals surface area contributed by atoms with E-state index in [1.807, 2.05) is 31.2 Å². The van der Waals surface area contributed by atoms with Gasteiger partial charge < -0.3 is 15.8 Å². The molecule has 0 fully saturated rings. The summed E-state index contributed by atoms with van der Waals surface area (Å²) in [6.45, 7) is 2.79. The summed E-state index contributed by atoms with van der Waals surface area (Å²) in [5.74, 6) is 0.726. The van der Waals surface area contributed by atoms with Crippen molar-refractivity contribution in [2.45, 2.75) is 13.3 Å². The maximum Gasteiger partial charge on any atom is 0.224 e. The molecule has 1 rings (SSSR count). The Bertz CT molecular complexity index is 372. The molecule has 0 aliphatic carbocycles. The van der Waals surface area contributed by atoms with E-state index in [1.165, 1.54) is 0 Å². The minimum Gasteiger partial charge on any atom is -0.496 e. The highest BCUT2D eigenvalue weighted by Gasteiger charge is 2.09. The topological polar surface area (TPSA) is 64.3 Å². The number of methoxy groups -OCH3 is 1. The quantitative estimate of drug-likeness (QED) is 0.822. The molecule has 1 unspecified atom stereocenters. The van der Waals surface area contributed by atoms with Gasteiger partial charge in [-0.05, 0) is 18.1 Å². The monoisotopic (exact) mass is 272 g/mol. The highest BCUT2D eigenvalue weighted by Crippen LogP contribution is 2.17. The van der Waals surface area contributed by atoms with E-state index in [4.69, 9.17) is 10.5 Å². The fourth-order valence-electron chi connectivity index (χ4n) is 1.51. The highest BCUT2D eigenvalue weighted by atomic mass is 35.5. The number of nitrogens with one attached hydrogen (secondary N) is 1. The number of hydrogen-bond donors (Lipinski definition) is 2. The largest absolute Gasteiger partial charge is 0.496 e. The van der Waals surface area contributed by atoms with Crippen molar-refractivity contribution in [1.29, 1.82) is 0 Å². The molecule has 3 N–H and O–H groups in total. The van der Waals surface area contributed by atoms with Crippen molar-refractivity contribution in [3.05, 3.63) is 29.8 Å². The molecule has 0 saturated carbocycles. The zero-order valence-electron chi connectivity index (χ0n) is 10.8. The first kappa shape index (κ1) is 16.7. The van der Waals surface area contributed by atoms with Gasteiger partial charge in [0.25, 0.3) is 0 Å². The molecule has 0 radical (unpaired) electrons. The summed E-state index contributed by atoms with van der Waals surface area (Å²) in [6, 6.07) is 7.80. The summed E-state index contributed by atoms with van der Waals surface area (Å²) in [5, 5.41) is 2.86. The van der Waals surface area contributed by atoms with Gasteiger partial charge in [0.05, 0.1) is 7.11 Å². The number of amides is 1. The SMILES string of the molecule is COc1ccccc1CCNC(=O)C(C)CN.Cl. The van der Waals surface area contributed by atoms with Gasteiger partial charge in [-0.2, -0.15) is 0 Å². The standard InChI is InChI=1S/C13H20N2O2.ClH/c1-10(9-14)13(16)15-8-7-11-5-3-4-6-12(11)17-2;/h3-6,10H,7-9,14H2,1-2H3,(H,15,16);1H. The van der Waals surface area contributed by atoms with Crippen LogP contribution in [0.15, 0.2) is 24.3 Å². The maximum atomic E-state index is 11.5. The van der Waals surface area contributed by atoms with Crippen LogP contribution in [0.5, 0.6) is 5.75 Å². The number of hydrogen-bond acceptors (Lipinski definition) is 3. The molecule has 0 aliphatic rings. The molecule has 0 saturated heterocycles. The highest BCUT2D eigenvalue weighted by molar-refractivity contribution is 5.85. The lowest BCUT2D eigenvalue weighted by Crippen LogP contribution is -2.34. The van der Waals surface area contributed by atoms with E-state index in [2.05, 4.69) is 5.32 Å². The molecular formula is C13H21ClN2O2. The summed E-state index contributed by atoms with van der Waals surface area (Å²) in [6.07, 6.45) is 0.757. The lowest BCUT2D eigenvalue weighted by atomic mass is 10.1. The third kappa shape index (κ3) is 4.94. The van der Waals surface area contributed by atoms with E-state index >= 15 is 0 Å². The van der Waals surface area contributed by atoms with Crippen molar-refractivity contribution in [1.82, 2.24) is 5.32 Å². The van der Waals surface area contributed by atoms with Crippen LogP contribution in [0, 0.1) is 5.92 Å². The number of benzene rings is 1. The first-order valence-corrected chi connectivity index (χ1v) is 5.78. The van der Waals surface area contributed by atoms with Crippen LogP contribution in [0.3, 0.4) is 0 Å². The van der Waals surface area contributed by atoms with Gasteiger partial charge in [-0.25, -0.2) is 0 Å².